The molecule has 0 spiro atoms. The van der Waals surface area contributed by atoms with Gasteiger partial charge < -0.3 is 9.88 Å². The van der Waals surface area contributed by atoms with Crippen molar-refractivity contribution in [3.63, 3.8) is 0 Å². The molecule has 4 nitrogen and oxygen atoms in total. The van der Waals surface area contributed by atoms with E-state index in [1.54, 1.807) is 12.5 Å². The van der Waals surface area contributed by atoms with Crippen molar-refractivity contribution in [2.45, 2.75) is 19.4 Å². The van der Waals surface area contributed by atoms with Crippen LogP contribution in [0.5, 0.6) is 0 Å². The fourth-order valence-corrected chi connectivity index (χ4v) is 2.50. The third-order valence-electron chi connectivity index (χ3n) is 3.78. The maximum absolute atomic E-state index is 12.1. The Balaban J connectivity index is 1.61. The molecule has 2 aromatic carbocycles. The van der Waals surface area contributed by atoms with Crippen LogP contribution in [0.25, 0.3) is 5.69 Å². The number of carbonyl (C=O) groups is 1. The molecule has 4 heteroatoms. The maximum Gasteiger partial charge on any atom is 0.224 e. The normalized spacial score (nSPS) is 11.9. The van der Waals surface area contributed by atoms with Crippen molar-refractivity contribution in [1.29, 1.82) is 0 Å². The predicted molar refractivity (Wildman–Crippen MR) is 90.3 cm³/mol. The molecule has 0 radical (unpaired) electrons. The van der Waals surface area contributed by atoms with Crippen LogP contribution in [0, 0.1) is 0 Å². The summed E-state index contributed by atoms with van der Waals surface area (Å²) in [5.41, 5.74) is 3.15. The summed E-state index contributed by atoms with van der Waals surface area (Å²) in [4.78, 5) is 16.2. The predicted octanol–water partition coefficient (Wildman–Crippen LogP) is 3.29. The number of hydrogen-bond acceptors (Lipinski definition) is 2. The molecule has 0 saturated carbocycles. The molecule has 0 aliphatic rings. The molecule has 1 heterocycles. The van der Waals surface area contributed by atoms with Gasteiger partial charge in [-0.1, -0.05) is 42.5 Å². The molecule has 0 aliphatic heterocycles. The third kappa shape index (κ3) is 3.86. The highest BCUT2D eigenvalue weighted by atomic mass is 16.1. The van der Waals surface area contributed by atoms with Crippen LogP contribution >= 0.6 is 0 Å². The average Bonchev–Trinajstić information content (AvgIpc) is 3.10. The number of nitrogens with zero attached hydrogens (tertiary/aromatic N) is 2. The van der Waals surface area contributed by atoms with E-state index in [4.69, 9.17) is 0 Å². The quantitative estimate of drug-likeness (QED) is 0.786. The number of imidazole rings is 1. The summed E-state index contributed by atoms with van der Waals surface area (Å²) in [7, 11) is 0. The summed E-state index contributed by atoms with van der Waals surface area (Å²) in [6.45, 7) is 2.00. The summed E-state index contributed by atoms with van der Waals surface area (Å²) in [6.07, 6.45) is 5.82. The van der Waals surface area contributed by atoms with Crippen LogP contribution < -0.4 is 5.32 Å². The summed E-state index contributed by atoms with van der Waals surface area (Å²) in [5, 5.41) is 3.04. The Morgan fingerprint density at radius 2 is 1.87 bits per heavy atom. The molecule has 0 bridgehead atoms. The van der Waals surface area contributed by atoms with E-state index in [0.717, 1.165) is 16.8 Å². The van der Waals surface area contributed by atoms with Crippen LogP contribution in [0.15, 0.2) is 73.3 Å². The molecule has 116 valence electrons. The van der Waals surface area contributed by atoms with Gasteiger partial charge in [0.05, 0.1) is 18.8 Å². The summed E-state index contributed by atoms with van der Waals surface area (Å²) in [6, 6.07) is 17.9. The SMILES string of the molecule is C[C@H](NC(=O)Cc1ccccc1)c1ccc(-n2ccnc2)cc1. The number of carbonyl (C=O) groups excluding carboxylic acids is 1. The topological polar surface area (TPSA) is 46.9 Å². The van der Waals surface area contributed by atoms with Gasteiger partial charge in [0.15, 0.2) is 0 Å². The number of rotatable bonds is 5. The van der Waals surface area contributed by atoms with E-state index in [1.807, 2.05) is 72.3 Å². The third-order valence-corrected chi connectivity index (χ3v) is 3.78. The van der Waals surface area contributed by atoms with E-state index < -0.39 is 0 Å². The number of aromatic nitrogens is 2. The first-order valence-corrected chi connectivity index (χ1v) is 7.64. The van der Waals surface area contributed by atoms with Crippen molar-refractivity contribution in [1.82, 2.24) is 14.9 Å². The minimum absolute atomic E-state index is 0.0250. The van der Waals surface area contributed by atoms with Crippen LogP contribution in [-0.2, 0) is 11.2 Å². The van der Waals surface area contributed by atoms with Crippen molar-refractivity contribution in [3.05, 3.63) is 84.4 Å². The van der Waals surface area contributed by atoms with Crippen LogP contribution in [0.1, 0.15) is 24.1 Å². The second kappa shape index (κ2) is 6.92. The Labute approximate surface area is 135 Å². The molecule has 0 unspecified atom stereocenters. The molecule has 1 atom stereocenters. The standard InChI is InChI=1S/C19H19N3O/c1-15(21-19(23)13-16-5-3-2-4-6-16)17-7-9-18(10-8-17)22-12-11-20-14-22/h2-12,14-15H,13H2,1H3,(H,21,23)/t15-/m0/s1. The lowest BCUT2D eigenvalue weighted by molar-refractivity contribution is -0.121. The van der Waals surface area contributed by atoms with Crippen molar-refractivity contribution in [2.75, 3.05) is 0 Å². The van der Waals surface area contributed by atoms with Gasteiger partial charge in [0.2, 0.25) is 5.91 Å². The van der Waals surface area contributed by atoms with E-state index in [0.29, 0.717) is 6.42 Å². The van der Waals surface area contributed by atoms with Gasteiger partial charge in [-0.05, 0) is 30.2 Å². The summed E-state index contributed by atoms with van der Waals surface area (Å²) < 4.78 is 1.95. The fourth-order valence-electron chi connectivity index (χ4n) is 2.50. The van der Waals surface area contributed by atoms with Crippen molar-refractivity contribution in [3.8, 4) is 5.69 Å². The summed E-state index contributed by atoms with van der Waals surface area (Å²) in [5.74, 6) is 0.0300. The highest BCUT2D eigenvalue weighted by molar-refractivity contribution is 5.79. The van der Waals surface area contributed by atoms with Gasteiger partial charge in [0.25, 0.3) is 0 Å². The van der Waals surface area contributed by atoms with E-state index in [9.17, 15) is 4.79 Å². The lowest BCUT2D eigenvalue weighted by atomic mass is 10.1. The lowest BCUT2D eigenvalue weighted by Crippen LogP contribution is -2.28. The Morgan fingerprint density at radius 3 is 2.52 bits per heavy atom. The zero-order chi connectivity index (χ0) is 16.1. The first-order chi connectivity index (χ1) is 11.2. The molecule has 3 rings (SSSR count). The average molecular weight is 305 g/mol. The van der Waals surface area contributed by atoms with Crippen molar-refractivity contribution < 1.29 is 4.79 Å². The highest BCUT2D eigenvalue weighted by Crippen LogP contribution is 2.16. The molecule has 3 aromatic rings. The first kappa shape index (κ1) is 15.0. The zero-order valence-electron chi connectivity index (χ0n) is 13.0. The van der Waals surface area contributed by atoms with Crippen molar-refractivity contribution >= 4 is 5.91 Å². The van der Waals surface area contributed by atoms with Gasteiger partial charge in [-0.3, -0.25) is 4.79 Å². The largest absolute Gasteiger partial charge is 0.349 e. The number of benzene rings is 2. The Morgan fingerprint density at radius 1 is 1.13 bits per heavy atom. The van der Waals surface area contributed by atoms with Gasteiger partial charge in [0.1, 0.15) is 0 Å². The monoisotopic (exact) mass is 305 g/mol. The number of hydrogen-bond donors (Lipinski definition) is 1. The van der Waals surface area contributed by atoms with E-state index in [-0.39, 0.29) is 11.9 Å². The molecule has 0 fully saturated rings. The van der Waals surface area contributed by atoms with Crippen LogP contribution in [0.2, 0.25) is 0 Å². The number of amides is 1. The smallest absolute Gasteiger partial charge is 0.224 e. The maximum atomic E-state index is 12.1. The molecule has 1 amide bonds. The second-order valence-corrected chi connectivity index (χ2v) is 5.51. The van der Waals surface area contributed by atoms with Gasteiger partial charge in [-0.25, -0.2) is 4.98 Å². The molecule has 1 N–H and O–H groups in total. The van der Waals surface area contributed by atoms with E-state index in [1.165, 1.54) is 0 Å². The Bertz CT molecular complexity index is 749. The van der Waals surface area contributed by atoms with Crippen LogP contribution in [0.3, 0.4) is 0 Å². The number of nitrogens with one attached hydrogen (secondary N) is 1. The van der Waals surface area contributed by atoms with Gasteiger partial charge in [-0.2, -0.15) is 0 Å². The molecule has 0 saturated heterocycles. The lowest BCUT2D eigenvalue weighted by Gasteiger charge is -2.15. The van der Waals surface area contributed by atoms with Crippen LogP contribution in [-0.4, -0.2) is 15.5 Å². The van der Waals surface area contributed by atoms with Gasteiger partial charge in [0, 0.05) is 18.1 Å². The minimum Gasteiger partial charge on any atom is -0.349 e. The molecule has 1 aromatic heterocycles. The Hall–Kier alpha value is -2.88. The highest BCUT2D eigenvalue weighted by Gasteiger charge is 2.10. The molecule has 23 heavy (non-hydrogen) atoms. The summed E-state index contributed by atoms with van der Waals surface area (Å²) >= 11 is 0. The molecular formula is C19H19N3O. The van der Waals surface area contributed by atoms with Crippen LogP contribution in [0.4, 0.5) is 0 Å². The fraction of sp³-hybridized carbons (Fsp3) is 0.158. The van der Waals surface area contributed by atoms with Crippen molar-refractivity contribution in [2.24, 2.45) is 0 Å². The van der Waals surface area contributed by atoms with Gasteiger partial charge in [-0.15, -0.1) is 0 Å². The van der Waals surface area contributed by atoms with E-state index in [2.05, 4.69) is 10.3 Å². The first-order valence-electron chi connectivity index (χ1n) is 7.64. The van der Waals surface area contributed by atoms with E-state index >= 15 is 0 Å². The molecular weight excluding hydrogens is 286 g/mol. The minimum atomic E-state index is -0.0250. The van der Waals surface area contributed by atoms with Gasteiger partial charge >= 0.3 is 0 Å². The second-order valence-electron chi connectivity index (χ2n) is 5.51. The Kier molecular flexibility index (Phi) is 4.52. The molecule has 0 aliphatic carbocycles. The zero-order valence-corrected chi connectivity index (χ0v) is 13.0.